The molecule has 1 aliphatic carbocycles. The molecule has 0 aromatic rings. The summed E-state index contributed by atoms with van der Waals surface area (Å²) in [5.41, 5.74) is 0.0471. The lowest BCUT2D eigenvalue weighted by molar-refractivity contribution is -0.108. The first-order valence-electron chi connectivity index (χ1n) is 9.25. The highest BCUT2D eigenvalue weighted by Crippen LogP contribution is 2.47. The summed E-state index contributed by atoms with van der Waals surface area (Å²) in [6, 6.07) is 0. The lowest BCUT2D eigenvalue weighted by atomic mass is 9.65. The number of piperidine rings is 1. The summed E-state index contributed by atoms with van der Waals surface area (Å²) >= 11 is 0. The molecule has 4 heteroatoms. The third-order valence-corrected chi connectivity index (χ3v) is 5.58. The zero-order valence-electron chi connectivity index (χ0n) is 15.1. The summed E-state index contributed by atoms with van der Waals surface area (Å²) in [6.07, 6.45) is 11.3. The lowest BCUT2D eigenvalue weighted by Gasteiger charge is -2.46. The predicted octanol–water partition coefficient (Wildman–Crippen LogP) is 4.56. The fourth-order valence-corrected chi connectivity index (χ4v) is 4.06. The number of aldehydes is 1. The number of amides is 1. The van der Waals surface area contributed by atoms with E-state index in [9.17, 15) is 9.59 Å². The van der Waals surface area contributed by atoms with Crippen molar-refractivity contribution in [3.63, 3.8) is 0 Å². The third-order valence-electron chi connectivity index (χ3n) is 5.58. The van der Waals surface area contributed by atoms with Gasteiger partial charge in [0.25, 0.3) is 0 Å². The zero-order valence-corrected chi connectivity index (χ0v) is 15.1. The van der Waals surface area contributed by atoms with Crippen LogP contribution in [0.15, 0.2) is 0 Å². The van der Waals surface area contributed by atoms with Crippen LogP contribution in [0.5, 0.6) is 0 Å². The van der Waals surface area contributed by atoms with Gasteiger partial charge in [0.1, 0.15) is 11.9 Å². The van der Waals surface area contributed by atoms with Crippen molar-refractivity contribution in [1.82, 2.24) is 4.90 Å². The molecule has 0 aromatic heterocycles. The van der Waals surface area contributed by atoms with E-state index in [1.54, 1.807) is 0 Å². The first kappa shape index (κ1) is 18.3. The molecule has 132 valence electrons. The number of carbonyl (C=O) groups is 2. The van der Waals surface area contributed by atoms with Crippen molar-refractivity contribution in [1.29, 1.82) is 0 Å². The van der Waals surface area contributed by atoms with E-state index >= 15 is 0 Å². The Balaban J connectivity index is 1.74. The number of rotatable bonds is 4. The SMILES string of the molecule is CC(C)(C)OC(=O)N1CCC2(CCC(CCCC=O)CC2)CC1. The molecular weight excluding hydrogens is 290 g/mol. The minimum absolute atomic E-state index is 0.158. The Morgan fingerprint density at radius 3 is 2.30 bits per heavy atom. The van der Waals surface area contributed by atoms with E-state index in [1.807, 2.05) is 25.7 Å². The second kappa shape index (κ2) is 7.67. The summed E-state index contributed by atoms with van der Waals surface area (Å²) < 4.78 is 5.48. The first-order valence-corrected chi connectivity index (χ1v) is 9.25. The Labute approximate surface area is 140 Å². The van der Waals surface area contributed by atoms with E-state index < -0.39 is 5.60 Å². The van der Waals surface area contributed by atoms with E-state index in [-0.39, 0.29) is 6.09 Å². The maximum atomic E-state index is 12.2. The van der Waals surface area contributed by atoms with Gasteiger partial charge in [-0.05, 0) is 77.0 Å². The minimum atomic E-state index is -0.411. The van der Waals surface area contributed by atoms with E-state index in [0.717, 1.165) is 44.6 Å². The number of likely N-dealkylation sites (tertiary alicyclic amines) is 1. The number of hydrogen-bond donors (Lipinski definition) is 0. The van der Waals surface area contributed by atoms with E-state index in [1.165, 1.54) is 32.1 Å². The van der Waals surface area contributed by atoms with Crippen LogP contribution >= 0.6 is 0 Å². The number of nitrogens with zero attached hydrogens (tertiary/aromatic N) is 1. The second-order valence-corrected chi connectivity index (χ2v) is 8.51. The molecule has 1 saturated heterocycles. The van der Waals surface area contributed by atoms with Gasteiger partial charge < -0.3 is 14.4 Å². The van der Waals surface area contributed by atoms with Gasteiger partial charge in [0, 0.05) is 19.5 Å². The highest BCUT2D eigenvalue weighted by molar-refractivity contribution is 5.68. The van der Waals surface area contributed by atoms with Gasteiger partial charge in [0.05, 0.1) is 0 Å². The van der Waals surface area contributed by atoms with Gasteiger partial charge in [-0.15, -0.1) is 0 Å². The topological polar surface area (TPSA) is 46.6 Å². The fraction of sp³-hybridized carbons (Fsp3) is 0.895. The van der Waals surface area contributed by atoms with Crippen LogP contribution in [-0.2, 0) is 9.53 Å². The molecule has 1 saturated carbocycles. The Morgan fingerprint density at radius 2 is 1.78 bits per heavy atom. The smallest absolute Gasteiger partial charge is 0.410 e. The van der Waals surface area contributed by atoms with Crippen LogP contribution in [0, 0.1) is 11.3 Å². The van der Waals surface area contributed by atoms with Crippen LogP contribution in [0.1, 0.15) is 78.6 Å². The molecule has 0 bridgehead atoms. The molecule has 1 aliphatic heterocycles. The highest BCUT2D eigenvalue weighted by Gasteiger charge is 2.39. The van der Waals surface area contributed by atoms with Crippen molar-refractivity contribution < 1.29 is 14.3 Å². The number of ether oxygens (including phenoxy) is 1. The van der Waals surface area contributed by atoms with Crippen molar-refractivity contribution in [2.24, 2.45) is 11.3 Å². The van der Waals surface area contributed by atoms with Crippen molar-refractivity contribution in [3.8, 4) is 0 Å². The van der Waals surface area contributed by atoms with Crippen molar-refractivity contribution in [2.45, 2.75) is 84.2 Å². The Kier molecular flexibility index (Phi) is 6.10. The third kappa shape index (κ3) is 5.50. The van der Waals surface area contributed by atoms with Crippen LogP contribution in [-0.4, -0.2) is 36.0 Å². The van der Waals surface area contributed by atoms with Crippen LogP contribution in [0.4, 0.5) is 4.79 Å². The van der Waals surface area contributed by atoms with E-state index in [4.69, 9.17) is 4.74 Å². The summed E-state index contributed by atoms with van der Waals surface area (Å²) in [7, 11) is 0. The predicted molar refractivity (Wildman–Crippen MR) is 91.3 cm³/mol. The molecule has 2 rings (SSSR count). The van der Waals surface area contributed by atoms with Gasteiger partial charge in [-0.3, -0.25) is 0 Å². The van der Waals surface area contributed by atoms with Crippen LogP contribution in [0.25, 0.3) is 0 Å². The maximum absolute atomic E-state index is 12.2. The van der Waals surface area contributed by atoms with E-state index in [2.05, 4.69) is 0 Å². The van der Waals surface area contributed by atoms with Crippen molar-refractivity contribution in [2.75, 3.05) is 13.1 Å². The molecule has 0 N–H and O–H groups in total. The van der Waals surface area contributed by atoms with Gasteiger partial charge in [0.2, 0.25) is 0 Å². The molecule has 0 unspecified atom stereocenters. The Bertz CT molecular complexity index is 395. The summed E-state index contributed by atoms with van der Waals surface area (Å²) in [4.78, 5) is 24.5. The molecule has 0 aromatic carbocycles. The van der Waals surface area contributed by atoms with Crippen molar-refractivity contribution >= 4 is 12.4 Å². The minimum Gasteiger partial charge on any atom is -0.444 e. The van der Waals surface area contributed by atoms with Gasteiger partial charge in [-0.25, -0.2) is 4.79 Å². The summed E-state index contributed by atoms with van der Waals surface area (Å²) in [5.74, 6) is 0.810. The van der Waals surface area contributed by atoms with Gasteiger partial charge in [0.15, 0.2) is 0 Å². The Hall–Kier alpha value is -1.06. The molecule has 1 amide bonds. The molecule has 1 spiro atoms. The largest absolute Gasteiger partial charge is 0.444 e. The Morgan fingerprint density at radius 1 is 1.17 bits per heavy atom. The average Bonchev–Trinajstić information content (AvgIpc) is 2.49. The van der Waals surface area contributed by atoms with Crippen LogP contribution in [0.2, 0.25) is 0 Å². The first-order chi connectivity index (χ1) is 10.8. The standard InChI is InChI=1S/C19H33NO3/c1-18(2,3)23-17(22)20-13-11-19(12-14-20)9-7-16(8-10-19)6-4-5-15-21/h15-16H,4-14H2,1-3H3. The van der Waals surface area contributed by atoms with Crippen molar-refractivity contribution in [3.05, 3.63) is 0 Å². The average molecular weight is 323 g/mol. The molecule has 2 fully saturated rings. The van der Waals surface area contributed by atoms with E-state index in [0.29, 0.717) is 11.8 Å². The second-order valence-electron chi connectivity index (χ2n) is 8.51. The molecule has 1 heterocycles. The monoisotopic (exact) mass is 323 g/mol. The quantitative estimate of drug-likeness (QED) is 0.562. The molecule has 4 nitrogen and oxygen atoms in total. The van der Waals surface area contributed by atoms with Gasteiger partial charge in [-0.2, -0.15) is 0 Å². The summed E-state index contributed by atoms with van der Waals surface area (Å²) in [5, 5.41) is 0. The van der Waals surface area contributed by atoms with Gasteiger partial charge >= 0.3 is 6.09 Å². The van der Waals surface area contributed by atoms with Crippen LogP contribution < -0.4 is 0 Å². The molecule has 0 radical (unpaired) electrons. The molecule has 23 heavy (non-hydrogen) atoms. The van der Waals surface area contributed by atoms with Crippen LogP contribution in [0.3, 0.4) is 0 Å². The lowest BCUT2D eigenvalue weighted by Crippen LogP contribution is -2.46. The highest BCUT2D eigenvalue weighted by atomic mass is 16.6. The zero-order chi connectivity index (χ0) is 16.9. The molecule has 0 atom stereocenters. The molecular formula is C19H33NO3. The normalized spacial score (nSPS) is 22.1. The number of unbranched alkanes of at least 4 members (excludes halogenated alkanes) is 1. The number of carbonyl (C=O) groups excluding carboxylic acids is 2. The fourth-order valence-electron chi connectivity index (χ4n) is 4.06. The maximum Gasteiger partial charge on any atom is 0.410 e. The molecule has 2 aliphatic rings. The summed E-state index contributed by atoms with van der Waals surface area (Å²) in [6.45, 7) is 7.43. The number of hydrogen-bond acceptors (Lipinski definition) is 3. The van der Waals surface area contributed by atoms with Gasteiger partial charge in [-0.1, -0.05) is 6.42 Å².